The van der Waals surface area contributed by atoms with Crippen LogP contribution in [0.5, 0.6) is 5.75 Å². The molecule has 2 rings (SSSR count). The summed E-state index contributed by atoms with van der Waals surface area (Å²) in [6.07, 6.45) is 1.27. The number of nitrogens with zero attached hydrogens (tertiary/aromatic N) is 1. The predicted octanol–water partition coefficient (Wildman–Crippen LogP) is 2.89. The van der Waals surface area contributed by atoms with Crippen LogP contribution in [0.15, 0.2) is 29.6 Å². The van der Waals surface area contributed by atoms with E-state index in [1.165, 1.54) is 11.3 Å². The summed E-state index contributed by atoms with van der Waals surface area (Å²) in [7, 11) is 0. The van der Waals surface area contributed by atoms with Gasteiger partial charge in [0.15, 0.2) is 5.13 Å². The van der Waals surface area contributed by atoms with E-state index in [2.05, 4.69) is 17.2 Å². The summed E-state index contributed by atoms with van der Waals surface area (Å²) in [5.41, 5.74) is 7.14. The van der Waals surface area contributed by atoms with Gasteiger partial charge in [0, 0.05) is 23.9 Å². The van der Waals surface area contributed by atoms with Gasteiger partial charge in [-0.3, -0.25) is 4.79 Å². The van der Waals surface area contributed by atoms with Crippen molar-refractivity contribution in [3.8, 4) is 17.0 Å². The molecular weight excluding hydrogens is 286 g/mol. The molecule has 0 radical (unpaired) electrons. The first-order chi connectivity index (χ1) is 10.2. The fraction of sp³-hybridized carbons (Fsp3) is 0.333. The molecule has 5 nitrogen and oxygen atoms in total. The minimum atomic E-state index is -0.113. The first kappa shape index (κ1) is 15.5. The summed E-state index contributed by atoms with van der Waals surface area (Å²) in [5.74, 6) is 0.717. The number of nitrogens with one attached hydrogen (secondary N) is 1. The van der Waals surface area contributed by atoms with E-state index in [1.54, 1.807) is 0 Å². The maximum Gasteiger partial charge on any atom is 0.227 e. The molecule has 6 heteroatoms. The van der Waals surface area contributed by atoms with Gasteiger partial charge in [-0.25, -0.2) is 4.98 Å². The monoisotopic (exact) mass is 305 g/mol. The molecule has 0 saturated heterocycles. The standard InChI is InChI=1S/C15H19N3O2S/c1-2-8-20-12-5-3-4-11(9-12)13-10-21-15(17-13)18-14(19)6-7-16/h3-5,9-10H,2,6-8,16H2,1H3,(H,17,18,19). The topological polar surface area (TPSA) is 77.2 Å². The quantitative estimate of drug-likeness (QED) is 0.824. The van der Waals surface area contributed by atoms with Gasteiger partial charge in [-0.05, 0) is 18.6 Å². The van der Waals surface area contributed by atoms with Crippen LogP contribution in [-0.2, 0) is 4.79 Å². The van der Waals surface area contributed by atoms with Crippen LogP contribution in [0.2, 0.25) is 0 Å². The van der Waals surface area contributed by atoms with Crippen LogP contribution in [0.4, 0.5) is 5.13 Å². The third-order valence-corrected chi connectivity index (χ3v) is 3.48. The Kier molecular flexibility index (Phi) is 5.71. The van der Waals surface area contributed by atoms with Crippen LogP contribution in [-0.4, -0.2) is 24.0 Å². The lowest BCUT2D eigenvalue weighted by molar-refractivity contribution is -0.116. The van der Waals surface area contributed by atoms with E-state index in [9.17, 15) is 4.79 Å². The largest absolute Gasteiger partial charge is 0.494 e. The Labute approximate surface area is 128 Å². The van der Waals surface area contributed by atoms with Crippen molar-refractivity contribution >= 4 is 22.4 Å². The SMILES string of the molecule is CCCOc1cccc(-c2csc(NC(=O)CCN)n2)c1. The van der Waals surface area contributed by atoms with Gasteiger partial charge >= 0.3 is 0 Å². The van der Waals surface area contributed by atoms with Gasteiger partial charge in [0.05, 0.1) is 12.3 Å². The third-order valence-electron chi connectivity index (χ3n) is 2.72. The van der Waals surface area contributed by atoms with E-state index < -0.39 is 0 Å². The molecule has 1 aromatic carbocycles. The van der Waals surface area contributed by atoms with Crippen LogP contribution in [0.25, 0.3) is 11.3 Å². The second-order valence-corrected chi connectivity index (χ2v) is 5.36. The van der Waals surface area contributed by atoms with E-state index in [4.69, 9.17) is 10.5 Å². The molecule has 21 heavy (non-hydrogen) atoms. The average Bonchev–Trinajstić information content (AvgIpc) is 2.94. The molecule has 112 valence electrons. The molecule has 0 aliphatic carbocycles. The van der Waals surface area contributed by atoms with Crippen molar-refractivity contribution in [3.63, 3.8) is 0 Å². The van der Waals surface area contributed by atoms with Gasteiger partial charge in [-0.15, -0.1) is 11.3 Å². The maximum atomic E-state index is 11.5. The molecule has 0 fully saturated rings. The first-order valence-electron chi connectivity index (χ1n) is 6.91. The number of amides is 1. The highest BCUT2D eigenvalue weighted by Crippen LogP contribution is 2.27. The second-order valence-electron chi connectivity index (χ2n) is 4.50. The van der Waals surface area contributed by atoms with Gasteiger partial charge in [0.2, 0.25) is 5.91 Å². The Morgan fingerprint density at radius 1 is 1.48 bits per heavy atom. The number of hydrogen-bond donors (Lipinski definition) is 2. The normalized spacial score (nSPS) is 10.4. The zero-order valence-electron chi connectivity index (χ0n) is 12.0. The van der Waals surface area contributed by atoms with Crippen LogP contribution < -0.4 is 15.8 Å². The molecule has 2 aromatic rings. The lowest BCUT2D eigenvalue weighted by Crippen LogP contribution is -2.15. The first-order valence-corrected chi connectivity index (χ1v) is 7.79. The number of aromatic nitrogens is 1. The second kappa shape index (κ2) is 7.75. The highest BCUT2D eigenvalue weighted by atomic mass is 32.1. The number of nitrogens with two attached hydrogens (primary N) is 1. The third kappa shape index (κ3) is 4.54. The maximum absolute atomic E-state index is 11.5. The summed E-state index contributed by atoms with van der Waals surface area (Å²) in [6.45, 7) is 3.10. The summed E-state index contributed by atoms with van der Waals surface area (Å²) in [6, 6.07) is 7.79. The number of rotatable bonds is 7. The van der Waals surface area contributed by atoms with Gasteiger partial charge in [-0.2, -0.15) is 0 Å². The zero-order valence-corrected chi connectivity index (χ0v) is 12.8. The highest BCUT2D eigenvalue weighted by molar-refractivity contribution is 7.14. The van der Waals surface area contributed by atoms with Crippen LogP contribution in [0, 0.1) is 0 Å². The van der Waals surface area contributed by atoms with Gasteiger partial charge in [-0.1, -0.05) is 19.1 Å². The minimum absolute atomic E-state index is 0.113. The Morgan fingerprint density at radius 3 is 3.10 bits per heavy atom. The molecule has 1 amide bonds. The fourth-order valence-corrected chi connectivity index (χ4v) is 2.48. The molecule has 3 N–H and O–H groups in total. The van der Waals surface area contributed by atoms with E-state index in [1.807, 2.05) is 29.6 Å². The van der Waals surface area contributed by atoms with Gasteiger partial charge < -0.3 is 15.8 Å². The van der Waals surface area contributed by atoms with Crippen molar-refractivity contribution < 1.29 is 9.53 Å². The van der Waals surface area contributed by atoms with Crippen molar-refractivity contribution in [2.45, 2.75) is 19.8 Å². The number of benzene rings is 1. The van der Waals surface area contributed by atoms with Gasteiger partial charge in [0.1, 0.15) is 5.75 Å². The fourth-order valence-electron chi connectivity index (χ4n) is 1.74. The zero-order chi connectivity index (χ0) is 15.1. The van der Waals surface area contributed by atoms with E-state index in [0.717, 1.165) is 23.4 Å². The smallest absolute Gasteiger partial charge is 0.227 e. The average molecular weight is 305 g/mol. The number of anilines is 1. The molecule has 0 spiro atoms. The van der Waals surface area contributed by atoms with E-state index in [0.29, 0.717) is 24.7 Å². The number of carbonyl (C=O) groups excluding carboxylic acids is 1. The molecule has 0 bridgehead atoms. The summed E-state index contributed by atoms with van der Waals surface area (Å²) < 4.78 is 5.61. The van der Waals surface area contributed by atoms with E-state index >= 15 is 0 Å². The number of carbonyl (C=O) groups is 1. The summed E-state index contributed by atoms with van der Waals surface area (Å²) in [5, 5.41) is 5.24. The lowest BCUT2D eigenvalue weighted by atomic mass is 10.2. The molecule has 1 aromatic heterocycles. The van der Waals surface area contributed by atoms with Crippen molar-refractivity contribution in [3.05, 3.63) is 29.6 Å². The molecule has 0 aliphatic heterocycles. The van der Waals surface area contributed by atoms with Gasteiger partial charge in [0.25, 0.3) is 0 Å². The Balaban J connectivity index is 2.08. The number of thiazole rings is 1. The molecule has 0 atom stereocenters. The van der Waals surface area contributed by atoms with Crippen molar-refractivity contribution in [2.24, 2.45) is 5.73 Å². The van der Waals surface area contributed by atoms with E-state index in [-0.39, 0.29) is 5.91 Å². The Hall–Kier alpha value is -1.92. The van der Waals surface area contributed by atoms with Crippen molar-refractivity contribution in [1.29, 1.82) is 0 Å². The number of ether oxygens (including phenoxy) is 1. The predicted molar refractivity (Wildman–Crippen MR) is 85.6 cm³/mol. The molecule has 0 aliphatic rings. The Morgan fingerprint density at radius 2 is 2.33 bits per heavy atom. The van der Waals surface area contributed by atoms with Crippen LogP contribution in [0.1, 0.15) is 19.8 Å². The molecular formula is C15H19N3O2S. The van der Waals surface area contributed by atoms with Crippen LogP contribution in [0.3, 0.4) is 0 Å². The van der Waals surface area contributed by atoms with Crippen molar-refractivity contribution in [2.75, 3.05) is 18.5 Å². The number of hydrogen-bond acceptors (Lipinski definition) is 5. The Bertz CT molecular complexity index is 598. The molecule has 0 saturated carbocycles. The molecule has 0 unspecified atom stereocenters. The van der Waals surface area contributed by atoms with Crippen LogP contribution >= 0.6 is 11.3 Å². The van der Waals surface area contributed by atoms with Crippen molar-refractivity contribution in [1.82, 2.24) is 4.98 Å². The lowest BCUT2D eigenvalue weighted by Gasteiger charge is -2.05. The summed E-state index contributed by atoms with van der Waals surface area (Å²) >= 11 is 1.40. The minimum Gasteiger partial charge on any atom is -0.494 e. The molecule has 1 heterocycles. The highest BCUT2D eigenvalue weighted by Gasteiger charge is 2.08. The summed E-state index contributed by atoms with van der Waals surface area (Å²) in [4.78, 5) is 15.9.